The number of sulfonamides is 1. The highest BCUT2D eigenvalue weighted by Crippen LogP contribution is 2.16. The van der Waals surface area contributed by atoms with Crippen molar-refractivity contribution in [3.63, 3.8) is 0 Å². The predicted molar refractivity (Wildman–Crippen MR) is 76.8 cm³/mol. The van der Waals surface area contributed by atoms with Gasteiger partial charge in [-0.1, -0.05) is 0 Å². The van der Waals surface area contributed by atoms with Crippen LogP contribution in [0.3, 0.4) is 0 Å². The molecule has 6 heteroatoms. The summed E-state index contributed by atoms with van der Waals surface area (Å²) in [5.74, 6) is 0.413. The fraction of sp³-hybridized carbons (Fsp3) is 0.538. The molecule has 2 N–H and O–H groups in total. The average Bonchev–Trinajstić information content (AvgIpc) is 2.82. The molecule has 0 aromatic heterocycles. The maximum Gasteiger partial charge on any atom is 0.240 e. The lowest BCUT2D eigenvalue weighted by atomic mass is 10.1. The van der Waals surface area contributed by atoms with Gasteiger partial charge in [0.15, 0.2) is 0 Å². The van der Waals surface area contributed by atoms with E-state index in [1.165, 1.54) is 0 Å². The first-order valence-electron chi connectivity index (χ1n) is 6.47. The van der Waals surface area contributed by atoms with Crippen molar-refractivity contribution in [1.29, 1.82) is 0 Å². The largest absolute Gasteiger partial charge is 0.388 e. The zero-order chi connectivity index (χ0) is 13.9. The number of anilines is 1. The van der Waals surface area contributed by atoms with E-state index in [0.29, 0.717) is 17.4 Å². The van der Waals surface area contributed by atoms with E-state index in [1.807, 2.05) is 0 Å². The third-order valence-electron chi connectivity index (χ3n) is 3.50. The molecule has 1 aromatic rings. The Labute approximate surface area is 115 Å². The third-order valence-corrected chi connectivity index (χ3v) is 4.94. The lowest BCUT2D eigenvalue weighted by Gasteiger charge is -2.12. The number of nitrogens with zero attached hydrogens (tertiary/aromatic N) is 1. The number of nitrogens with one attached hydrogen (secondary N) is 2. The van der Waals surface area contributed by atoms with Gasteiger partial charge in [0.25, 0.3) is 0 Å². The molecular formula is C13H21N3O2S. The fourth-order valence-electron chi connectivity index (χ4n) is 2.30. The zero-order valence-corrected chi connectivity index (χ0v) is 12.2. The molecule has 1 heterocycles. The molecule has 1 saturated heterocycles. The summed E-state index contributed by atoms with van der Waals surface area (Å²) < 4.78 is 27.0. The minimum atomic E-state index is -3.39. The SMILES string of the molecule is CNc1ccc(S(=O)(=O)NCC2CCN(C)C2)cc1. The summed E-state index contributed by atoms with van der Waals surface area (Å²) in [6, 6.07) is 6.76. The van der Waals surface area contributed by atoms with Gasteiger partial charge in [0.2, 0.25) is 10.0 Å². The standard InChI is InChI=1S/C13H21N3O2S/c1-14-12-3-5-13(6-4-12)19(17,18)15-9-11-7-8-16(2)10-11/h3-6,11,14-15H,7-10H2,1-2H3. The zero-order valence-electron chi connectivity index (χ0n) is 11.4. The van der Waals surface area contributed by atoms with E-state index in [-0.39, 0.29) is 0 Å². The summed E-state index contributed by atoms with van der Waals surface area (Å²) in [6.45, 7) is 2.52. The van der Waals surface area contributed by atoms with E-state index in [0.717, 1.165) is 25.2 Å². The topological polar surface area (TPSA) is 61.4 Å². The second kappa shape index (κ2) is 5.90. The molecule has 0 radical (unpaired) electrons. The fourth-order valence-corrected chi connectivity index (χ4v) is 3.42. The van der Waals surface area contributed by atoms with Gasteiger partial charge in [-0.2, -0.15) is 0 Å². The number of benzene rings is 1. The molecule has 0 saturated carbocycles. The summed E-state index contributed by atoms with van der Waals surface area (Å²) in [4.78, 5) is 2.54. The van der Waals surface area contributed by atoms with Crippen molar-refractivity contribution in [2.75, 3.05) is 39.0 Å². The lowest BCUT2D eigenvalue weighted by Crippen LogP contribution is -2.30. The van der Waals surface area contributed by atoms with Gasteiger partial charge in [-0.05, 0) is 50.2 Å². The maximum atomic E-state index is 12.1. The third kappa shape index (κ3) is 3.68. The Hall–Kier alpha value is -1.11. The Kier molecular flexibility index (Phi) is 4.44. The van der Waals surface area contributed by atoms with Crippen LogP contribution in [0.15, 0.2) is 29.2 Å². The Morgan fingerprint density at radius 3 is 2.53 bits per heavy atom. The Morgan fingerprint density at radius 2 is 2.00 bits per heavy atom. The molecule has 0 amide bonds. The van der Waals surface area contributed by atoms with Gasteiger partial charge in [0.1, 0.15) is 0 Å². The van der Waals surface area contributed by atoms with Crippen molar-refractivity contribution in [3.8, 4) is 0 Å². The van der Waals surface area contributed by atoms with Crippen LogP contribution < -0.4 is 10.0 Å². The first-order chi connectivity index (χ1) is 9.01. The molecule has 5 nitrogen and oxygen atoms in total. The highest BCUT2D eigenvalue weighted by Gasteiger charge is 2.22. The number of likely N-dealkylation sites (tertiary alicyclic amines) is 1. The van der Waals surface area contributed by atoms with Crippen molar-refractivity contribution < 1.29 is 8.42 Å². The molecule has 0 spiro atoms. The molecule has 19 heavy (non-hydrogen) atoms. The van der Waals surface area contributed by atoms with Crippen LogP contribution in [0.2, 0.25) is 0 Å². The summed E-state index contributed by atoms with van der Waals surface area (Å²) >= 11 is 0. The second-order valence-electron chi connectivity index (χ2n) is 5.04. The minimum absolute atomic E-state index is 0.317. The summed E-state index contributed by atoms with van der Waals surface area (Å²) in [7, 11) is 0.478. The number of hydrogen-bond donors (Lipinski definition) is 2. The lowest BCUT2D eigenvalue weighted by molar-refractivity contribution is 0.394. The van der Waals surface area contributed by atoms with Gasteiger partial charge >= 0.3 is 0 Å². The molecule has 106 valence electrons. The van der Waals surface area contributed by atoms with E-state index in [9.17, 15) is 8.42 Å². The van der Waals surface area contributed by atoms with Crippen LogP contribution in [0, 0.1) is 5.92 Å². The minimum Gasteiger partial charge on any atom is -0.388 e. The normalized spacial score (nSPS) is 20.6. The smallest absolute Gasteiger partial charge is 0.240 e. The number of rotatable bonds is 5. The molecule has 1 unspecified atom stereocenters. The first kappa shape index (κ1) is 14.3. The molecule has 1 aromatic carbocycles. The van der Waals surface area contributed by atoms with Crippen LogP contribution in [-0.4, -0.2) is 47.0 Å². The highest BCUT2D eigenvalue weighted by molar-refractivity contribution is 7.89. The van der Waals surface area contributed by atoms with Crippen LogP contribution in [-0.2, 0) is 10.0 Å². The molecule has 1 aliphatic heterocycles. The molecule has 1 fully saturated rings. The van der Waals surface area contributed by atoms with Gasteiger partial charge < -0.3 is 10.2 Å². The van der Waals surface area contributed by atoms with Crippen molar-refractivity contribution in [2.24, 2.45) is 5.92 Å². The quantitative estimate of drug-likeness (QED) is 0.845. The van der Waals surface area contributed by atoms with Crippen molar-refractivity contribution >= 4 is 15.7 Å². The molecule has 0 aliphatic carbocycles. The van der Waals surface area contributed by atoms with E-state index in [1.54, 1.807) is 31.3 Å². The van der Waals surface area contributed by atoms with Crippen molar-refractivity contribution in [3.05, 3.63) is 24.3 Å². The van der Waals surface area contributed by atoms with Crippen LogP contribution in [0.1, 0.15) is 6.42 Å². The van der Waals surface area contributed by atoms with Gasteiger partial charge in [0.05, 0.1) is 4.90 Å². The Morgan fingerprint density at radius 1 is 1.32 bits per heavy atom. The summed E-state index contributed by atoms with van der Waals surface area (Å²) in [5.41, 5.74) is 0.899. The summed E-state index contributed by atoms with van der Waals surface area (Å²) in [6.07, 6.45) is 1.05. The maximum absolute atomic E-state index is 12.1. The molecule has 0 bridgehead atoms. The molecule has 1 aliphatic rings. The van der Waals surface area contributed by atoms with Gasteiger partial charge in [-0.15, -0.1) is 0 Å². The van der Waals surface area contributed by atoms with Gasteiger partial charge in [-0.25, -0.2) is 13.1 Å². The Bertz CT molecular complexity index is 513. The van der Waals surface area contributed by atoms with Crippen LogP contribution >= 0.6 is 0 Å². The first-order valence-corrected chi connectivity index (χ1v) is 7.95. The Balaban J connectivity index is 1.97. The van der Waals surface area contributed by atoms with Gasteiger partial charge in [-0.3, -0.25) is 0 Å². The highest BCUT2D eigenvalue weighted by atomic mass is 32.2. The van der Waals surface area contributed by atoms with Crippen LogP contribution in [0.5, 0.6) is 0 Å². The van der Waals surface area contributed by atoms with E-state index >= 15 is 0 Å². The second-order valence-corrected chi connectivity index (χ2v) is 6.81. The van der Waals surface area contributed by atoms with E-state index < -0.39 is 10.0 Å². The van der Waals surface area contributed by atoms with Gasteiger partial charge in [0, 0.05) is 25.8 Å². The van der Waals surface area contributed by atoms with Crippen LogP contribution in [0.25, 0.3) is 0 Å². The molecule has 2 rings (SSSR count). The average molecular weight is 283 g/mol. The van der Waals surface area contributed by atoms with Crippen molar-refractivity contribution in [1.82, 2.24) is 9.62 Å². The molecular weight excluding hydrogens is 262 g/mol. The van der Waals surface area contributed by atoms with Crippen molar-refractivity contribution in [2.45, 2.75) is 11.3 Å². The predicted octanol–water partition coefficient (Wildman–Crippen LogP) is 0.958. The van der Waals surface area contributed by atoms with E-state index in [4.69, 9.17) is 0 Å². The monoisotopic (exact) mass is 283 g/mol. The number of hydrogen-bond acceptors (Lipinski definition) is 4. The van der Waals surface area contributed by atoms with E-state index in [2.05, 4.69) is 22.0 Å². The summed E-state index contributed by atoms with van der Waals surface area (Å²) in [5, 5.41) is 2.97. The van der Waals surface area contributed by atoms with Crippen LogP contribution in [0.4, 0.5) is 5.69 Å². The molecule has 1 atom stereocenters.